The zero-order valence-electron chi connectivity index (χ0n) is 20.6. The SMILES string of the molecule is CC(C)(N)C(=O)N[C@H](COCc1ccccc1)c1nnc2n1CCN(C(=O)OCc1ccccc1)C2. The Labute approximate surface area is 210 Å². The third-order valence-electron chi connectivity index (χ3n) is 5.84. The smallest absolute Gasteiger partial charge is 0.410 e. The molecule has 1 atom stereocenters. The molecule has 0 saturated heterocycles. The topological polar surface area (TPSA) is 125 Å². The van der Waals surface area contributed by atoms with E-state index in [1.165, 1.54) is 0 Å². The zero-order valence-corrected chi connectivity index (χ0v) is 20.6. The maximum atomic E-state index is 12.7. The number of aromatic nitrogens is 3. The lowest BCUT2D eigenvalue weighted by Crippen LogP contribution is -2.51. The fourth-order valence-electron chi connectivity index (χ4n) is 3.80. The predicted octanol–water partition coefficient (Wildman–Crippen LogP) is 2.54. The lowest BCUT2D eigenvalue weighted by molar-refractivity contribution is -0.126. The van der Waals surface area contributed by atoms with E-state index >= 15 is 0 Å². The molecule has 1 aliphatic heterocycles. The van der Waals surface area contributed by atoms with Gasteiger partial charge in [-0.2, -0.15) is 0 Å². The van der Waals surface area contributed by atoms with Crippen molar-refractivity contribution < 1.29 is 19.1 Å². The van der Waals surface area contributed by atoms with Crippen LogP contribution in [0.3, 0.4) is 0 Å². The van der Waals surface area contributed by atoms with Crippen LogP contribution in [0.15, 0.2) is 60.7 Å². The Kier molecular flexibility index (Phi) is 7.97. The van der Waals surface area contributed by atoms with E-state index in [9.17, 15) is 9.59 Å². The van der Waals surface area contributed by atoms with Crippen molar-refractivity contribution in [2.45, 2.75) is 51.7 Å². The van der Waals surface area contributed by atoms with Crippen molar-refractivity contribution in [3.63, 3.8) is 0 Å². The largest absolute Gasteiger partial charge is 0.445 e. The third kappa shape index (κ3) is 6.46. The lowest BCUT2D eigenvalue weighted by atomic mass is 10.1. The highest BCUT2D eigenvalue weighted by atomic mass is 16.6. The molecule has 4 rings (SSSR count). The summed E-state index contributed by atoms with van der Waals surface area (Å²) in [6.45, 7) is 5.23. The normalized spacial score (nSPS) is 14.1. The standard InChI is InChI=1S/C26H32N6O4/c1-26(2,27)24(33)28-21(18-35-16-19-9-5-3-6-10-19)23-30-29-22-15-31(13-14-32(22)23)25(34)36-17-20-11-7-4-8-12-20/h3-12,21H,13-18,27H2,1-2H3,(H,28,33)/t21-/m1/s1. The maximum absolute atomic E-state index is 12.7. The number of nitrogens with one attached hydrogen (secondary N) is 1. The van der Waals surface area contributed by atoms with Gasteiger partial charge >= 0.3 is 6.09 Å². The van der Waals surface area contributed by atoms with Crippen molar-refractivity contribution in [2.24, 2.45) is 5.73 Å². The first-order chi connectivity index (χ1) is 17.3. The second kappa shape index (κ2) is 11.3. The van der Waals surface area contributed by atoms with Gasteiger partial charge in [0.05, 0.1) is 25.3 Å². The Morgan fingerprint density at radius 3 is 2.28 bits per heavy atom. The van der Waals surface area contributed by atoms with Crippen molar-refractivity contribution in [1.82, 2.24) is 25.0 Å². The molecule has 0 unspecified atom stereocenters. The Balaban J connectivity index is 1.42. The van der Waals surface area contributed by atoms with Gasteiger partial charge in [-0.15, -0.1) is 10.2 Å². The Bertz CT molecular complexity index is 1160. The number of ether oxygens (including phenoxy) is 2. The Morgan fingerprint density at radius 1 is 1.00 bits per heavy atom. The summed E-state index contributed by atoms with van der Waals surface area (Å²) in [4.78, 5) is 26.9. The summed E-state index contributed by atoms with van der Waals surface area (Å²) in [5.41, 5.74) is 6.88. The van der Waals surface area contributed by atoms with Crippen LogP contribution in [-0.2, 0) is 40.6 Å². The molecular formula is C26H32N6O4. The van der Waals surface area contributed by atoms with Crippen LogP contribution in [0, 0.1) is 0 Å². The molecule has 1 aromatic heterocycles. The van der Waals surface area contributed by atoms with Gasteiger partial charge in [0.2, 0.25) is 5.91 Å². The summed E-state index contributed by atoms with van der Waals surface area (Å²) >= 11 is 0. The number of nitrogens with two attached hydrogens (primary N) is 1. The van der Waals surface area contributed by atoms with Gasteiger partial charge in [-0.25, -0.2) is 4.79 Å². The summed E-state index contributed by atoms with van der Waals surface area (Å²) in [6.07, 6.45) is -0.407. The summed E-state index contributed by atoms with van der Waals surface area (Å²) in [7, 11) is 0. The molecule has 1 aliphatic rings. The van der Waals surface area contributed by atoms with Gasteiger partial charge in [0, 0.05) is 13.1 Å². The average Bonchev–Trinajstić information content (AvgIpc) is 3.30. The van der Waals surface area contributed by atoms with E-state index < -0.39 is 17.7 Å². The summed E-state index contributed by atoms with van der Waals surface area (Å²) in [6, 6.07) is 18.8. The molecule has 0 saturated carbocycles. The van der Waals surface area contributed by atoms with Crippen LogP contribution >= 0.6 is 0 Å². The molecular weight excluding hydrogens is 460 g/mol. The number of hydrogen-bond acceptors (Lipinski definition) is 7. The van der Waals surface area contributed by atoms with Crippen LogP contribution in [0.1, 0.15) is 42.7 Å². The van der Waals surface area contributed by atoms with E-state index in [0.717, 1.165) is 11.1 Å². The van der Waals surface area contributed by atoms with Crippen molar-refractivity contribution in [1.29, 1.82) is 0 Å². The molecule has 2 heterocycles. The lowest BCUT2D eigenvalue weighted by Gasteiger charge is -2.29. The van der Waals surface area contributed by atoms with Crippen LogP contribution in [0.4, 0.5) is 4.79 Å². The summed E-state index contributed by atoms with van der Waals surface area (Å²) in [5, 5.41) is 11.6. The average molecular weight is 493 g/mol. The molecule has 0 fully saturated rings. The van der Waals surface area contributed by atoms with Crippen LogP contribution in [-0.4, -0.2) is 50.4 Å². The minimum Gasteiger partial charge on any atom is -0.445 e. The molecule has 2 amide bonds. The maximum Gasteiger partial charge on any atom is 0.410 e. The van der Waals surface area contributed by atoms with E-state index in [0.29, 0.717) is 31.3 Å². The second-order valence-corrected chi connectivity index (χ2v) is 9.34. The molecule has 0 radical (unpaired) electrons. The first-order valence-electron chi connectivity index (χ1n) is 11.9. The van der Waals surface area contributed by atoms with Gasteiger partial charge in [-0.05, 0) is 25.0 Å². The minimum absolute atomic E-state index is 0.192. The summed E-state index contributed by atoms with van der Waals surface area (Å²) < 4.78 is 13.3. The van der Waals surface area contributed by atoms with Gasteiger partial charge in [-0.1, -0.05) is 60.7 Å². The predicted molar refractivity (Wildman–Crippen MR) is 132 cm³/mol. The highest BCUT2D eigenvalue weighted by Gasteiger charge is 2.31. The molecule has 10 heteroatoms. The Hall–Kier alpha value is -3.76. The number of hydrogen-bond donors (Lipinski definition) is 2. The van der Waals surface area contributed by atoms with E-state index in [2.05, 4.69) is 15.5 Å². The molecule has 36 heavy (non-hydrogen) atoms. The monoisotopic (exact) mass is 492 g/mol. The van der Waals surface area contributed by atoms with Gasteiger partial charge in [0.25, 0.3) is 0 Å². The van der Waals surface area contributed by atoms with Gasteiger partial charge in [0.15, 0.2) is 11.6 Å². The first-order valence-corrected chi connectivity index (χ1v) is 11.9. The van der Waals surface area contributed by atoms with E-state index in [1.54, 1.807) is 18.7 Å². The number of carbonyl (C=O) groups is 2. The number of carbonyl (C=O) groups excluding carboxylic acids is 2. The van der Waals surface area contributed by atoms with E-state index in [1.807, 2.05) is 65.2 Å². The minimum atomic E-state index is -1.07. The van der Waals surface area contributed by atoms with E-state index in [4.69, 9.17) is 15.2 Å². The molecule has 3 N–H and O–H groups in total. The first kappa shape index (κ1) is 25.3. The molecule has 0 aliphatic carbocycles. The van der Waals surface area contributed by atoms with Crippen molar-refractivity contribution in [3.8, 4) is 0 Å². The van der Waals surface area contributed by atoms with Gasteiger partial charge in [0.1, 0.15) is 12.6 Å². The molecule has 2 aromatic carbocycles. The van der Waals surface area contributed by atoms with E-state index in [-0.39, 0.29) is 25.7 Å². The molecule has 10 nitrogen and oxygen atoms in total. The molecule has 190 valence electrons. The third-order valence-corrected chi connectivity index (χ3v) is 5.84. The summed E-state index contributed by atoms with van der Waals surface area (Å²) in [5.74, 6) is 0.852. The zero-order chi connectivity index (χ0) is 25.5. The number of rotatable bonds is 9. The van der Waals surface area contributed by atoms with Crippen molar-refractivity contribution in [3.05, 3.63) is 83.4 Å². The fraction of sp³-hybridized carbons (Fsp3) is 0.385. The molecule has 3 aromatic rings. The van der Waals surface area contributed by atoms with Crippen molar-refractivity contribution >= 4 is 12.0 Å². The fourth-order valence-corrected chi connectivity index (χ4v) is 3.80. The second-order valence-electron chi connectivity index (χ2n) is 9.34. The highest BCUT2D eigenvalue weighted by molar-refractivity contribution is 5.85. The van der Waals surface area contributed by atoms with Crippen LogP contribution in [0.5, 0.6) is 0 Å². The van der Waals surface area contributed by atoms with Gasteiger partial charge < -0.3 is 25.1 Å². The molecule has 0 bridgehead atoms. The number of nitrogens with zero attached hydrogens (tertiary/aromatic N) is 4. The number of fused-ring (bicyclic) bond motifs is 1. The molecule has 0 spiro atoms. The number of benzene rings is 2. The highest BCUT2D eigenvalue weighted by Crippen LogP contribution is 2.20. The quantitative estimate of drug-likeness (QED) is 0.470. The van der Waals surface area contributed by atoms with Crippen LogP contribution < -0.4 is 11.1 Å². The van der Waals surface area contributed by atoms with Crippen LogP contribution in [0.2, 0.25) is 0 Å². The van der Waals surface area contributed by atoms with Gasteiger partial charge in [-0.3, -0.25) is 9.69 Å². The number of amides is 2. The van der Waals surface area contributed by atoms with Crippen molar-refractivity contribution in [2.75, 3.05) is 13.2 Å². The Morgan fingerprint density at radius 2 is 1.64 bits per heavy atom. The van der Waals surface area contributed by atoms with Crippen LogP contribution in [0.25, 0.3) is 0 Å².